The minimum Gasteiger partial charge on any atom is -0.490 e. The molecule has 0 bridgehead atoms. The summed E-state index contributed by atoms with van der Waals surface area (Å²) in [6, 6.07) is 10.8. The number of benzene rings is 2. The molecule has 1 heterocycles. The highest BCUT2D eigenvalue weighted by atomic mass is 127. The zero-order valence-corrected chi connectivity index (χ0v) is 13.8. The summed E-state index contributed by atoms with van der Waals surface area (Å²) in [5, 5.41) is -0.274. The van der Waals surface area contributed by atoms with Crippen LogP contribution in [0.5, 0.6) is 5.75 Å². The monoisotopic (exact) mass is 402 g/mol. The molecule has 2 atom stereocenters. The van der Waals surface area contributed by atoms with Gasteiger partial charge in [0, 0.05) is 9.99 Å². The van der Waals surface area contributed by atoms with Crippen LogP contribution in [0.2, 0.25) is 0 Å². The van der Waals surface area contributed by atoms with Crippen molar-refractivity contribution >= 4 is 34.2 Å². The summed E-state index contributed by atoms with van der Waals surface area (Å²) < 4.78 is 19.7. The molecule has 1 aliphatic heterocycles. The van der Waals surface area contributed by atoms with Crippen LogP contribution in [0.4, 0.5) is 4.39 Å². The Morgan fingerprint density at radius 3 is 2.85 bits per heavy atom. The van der Waals surface area contributed by atoms with Crippen LogP contribution in [-0.4, -0.2) is 6.10 Å². The molecule has 0 aliphatic carbocycles. The SMILES string of the molecule is CC1Cc2cc(C(Cl)c3ccc(F)cc3I)ccc2O1. The summed E-state index contributed by atoms with van der Waals surface area (Å²) in [5.41, 5.74) is 3.14. The Balaban J connectivity index is 1.95. The average molecular weight is 403 g/mol. The van der Waals surface area contributed by atoms with E-state index in [-0.39, 0.29) is 17.3 Å². The molecule has 0 saturated heterocycles. The lowest BCUT2D eigenvalue weighted by molar-refractivity contribution is 0.254. The fourth-order valence-corrected chi connectivity index (χ4v) is 3.79. The molecule has 1 nitrogen and oxygen atoms in total. The zero-order chi connectivity index (χ0) is 14.3. The maximum Gasteiger partial charge on any atom is 0.124 e. The van der Waals surface area contributed by atoms with Gasteiger partial charge in [-0.25, -0.2) is 4.39 Å². The van der Waals surface area contributed by atoms with Gasteiger partial charge in [-0.3, -0.25) is 0 Å². The molecule has 2 unspecified atom stereocenters. The third kappa shape index (κ3) is 2.66. The number of alkyl halides is 1. The van der Waals surface area contributed by atoms with Crippen LogP contribution in [0.25, 0.3) is 0 Å². The number of halogens is 3. The van der Waals surface area contributed by atoms with Crippen LogP contribution in [0.3, 0.4) is 0 Å². The van der Waals surface area contributed by atoms with E-state index in [0.29, 0.717) is 0 Å². The van der Waals surface area contributed by atoms with Gasteiger partial charge in [-0.15, -0.1) is 11.6 Å². The van der Waals surface area contributed by atoms with Crippen LogP contribution in [0.15, 0.2) is 36.4 Å². The van der Waals surface area contributed by atoms with Crippen molar-refractivity contribution in [1.82, 2.24) is 0 Å². The Kier molecular flexibility index (Phi) is 3.91. The Morgan fingerprint density at radius 1 is 1.30 bits per heavy atom. The zero-order valence-electron chi connectivity index (χ0n) is 10.9. The number of hydrogen-bond acceptors (Lipinski definition) is 1. The highest BCUT2D eigenvalue weighted by Gasteiger charge is 2.21. The second-order valence-corrected chi connectivity index (χ2v) is 6.63. The molecule has 2 aromatic rings. The molecule has 20 heavy (non-hydrogen) atoms. The van der Waals surface area contributed by atoms with Crippen LogP contribution in [0, 0.1) is 9.39 Å². The molecule has 0 aromatic heterocycles. The lowest BCUT2D eigenvalue weighted by Crippen LogP contribution is -2.05. The summed E-state index contributed by atoms with van der Waals surface area (Å²) >= 11 is 8.68. The van der Waals surface area contributed by atoms with Gasteiger partial charge >= 0.3 is 0 Å². The van der Waals surface area contributed by atoms with Gasteiger partial charge < -0.3 is 4.74 Å². The topological polar surface area (TPSA) is 9.23 Å². The van der Waals surface area contributed by atoms with Gasteiger partial charge in [0.15, 0.2) is 0 Å². The standard InChI is InChI=1S/C16H13ClFIO/c1-9-6-11-7-10(2-5-15(11)20-9)16(17)13-4-3-12(18)8-14(13)19/h2-5,7-9,16H,6H2,1H3. The Bertz CT molecular complexity index is 659. The van der Waals surface area contributed by atoms with E-state index in [4.69, 9.17) is 16.3 Å². The molecule has 0 spiro atoms. The lowest BCUT2D eigenvalue weighted by Gasteiger charge is -2.13. The summed E-state index contributed by atoms with van der Waals surface area (Å²) in [6.45, 7) is 2.06. The van der Waals surface area contributed by atoms with E-state index in [1.54, 1.807) is 6.07 Å². The minimum atomic E-state index is -0.274. The predicted molar refractivity (Wildman–Crippen MR) is 87.0 cm³/mol. The van der Waals surface area contributed by atoms with Crippen molar-refractivity contribution in [2.45, 2.75) is 24.8 Å². The summed E-state index contributed by atoms with van der Waals surface area (Å²) in [5.74, 6) is 0.706. The third-order valence-corrected chi connectivity index (χ3v) is 4.87. The van der Waals surface area contributed by atoms with Gasteiger partial charge in [0.1, 0.15) is 17.7 Å². The maximum atomic E-state index is 13.2. The Morgan fingerprint density at radius 2 is 2.10 bits per heavy atom. The molecule has 0 fully saturated rings. The van der Waals surface area contributed by atoms with E-state index in [1.807, 2.05) is 12.1 Å². The largest absolute Gasteiger partial charge is 0.490 e. The van der Waals surface area contributed by atoms with Gasteiger partial charge in [-0.05, 0) is 64.4 Å². The fourth-order valence-electron chi connectivity index (χ4n) is 2.49. The molecule has 0 N–H and O–H groups in total. The highest BCUT2D eigenvalue weighted by molar-refractivity contribution is 14.1. The molecular weight excluding hydrogens is 390 g/mol. The number of rotatable bonds is 2. The molecule has 104 valence electrons. The van der Waals surface area contributed by atoms with E-state index >= 15 is 0 Å². The quantitative estimate of drug-likeness (QED) is 0.503. The van der Waals surface area contributed by atoms with Crippen molar-refractivity contribution in [3.8, 4) is 5.75 Å². The first-order chi connectivity index (χ1) is 9.54. The Hall–Kier alpha value is -0.810. The summed E-state index contributed by atoms with van der Waals surface area (Å²) in [7, 11) is 0. The van der Waals surface area contributed by atoms with Gasteiger partial charge in [0.25, 0.3) is 0 Å². The second-order valence-electron chi connectivity index (χ2n) is 5.03. The summed E-state index contributed by atoms with van der Waals surface area (Å²) in [4.78, 5) is 0. The van der Waals surface area contributed by atoms with Crippen molar-refractivity contribution in [3.63, 3.8) is 0 Å². The third-order valence-electron chi connectivity index (χ3n) is 3.45. The van der Waals surface area contributed by atoms with E-state index in [2.05, 4.69) is 35.6 Å². The number of hydrogen-bond donors (Lipinski definition) is 0. The van der Waals surface area contributed by atoms with Gasteiger partial charge in [0.05, 0.1) is 5.38 Å². The lowest BCUT2D eigenvalue weighted by atomic mass is 10.0. The second kappa shape index (κ2) is 5.53. The molecule has 0 saturated carbocycles. The highest BCUT2D eigenvalue weighted by Crippen LogP contribution is 2.36. The van der Waals surface area contributed by atoms with Crippen molar-refractivity contribution in [2.75, 3.05) is 0 Å². The molecule has 0 radical (unpaired) electrons. The van der Waals surface area contributed by atoms with Crippen molar-refractivity contribution < 1.29 is 9.13 Å². The van der Waals surface area contributed by atoms with Crippen molar-refractivity contribution in [2.24, 2.45) is 0 Å². The maximum absolute atomic E-state index is 13.2. The smallest absolute Gasteiger partial charge is 0.124 e. The molecule has 4 heteroatoms. The number of ether oxygens (including phenoxy) is 1. The first kappa shape index (κ1) is 14.1. The summed E-state index contributed by atoms with van der Waals surface area (Å²) in [6.07, 6.45) is 1.13. The normalized spacial score (nSPS) is 18.5. The number of fused-ring (bicyclic) bond motifs is 1. The van der Waals surface area contributed by atoms with Gasteiger partial charge in [0.2, 0.25) is 0 Å². The fraction of sp³-hybridized carbons (Fsp3) is 0.250. The molecule has 0 amide bonds. The van der Waals surface area contributed by atoms with Gasteiger partial charge in [-0.2, -0.15) is 0 Å². The van der Waals surface area contributed by atoms with Crippen LogP contribution in [0.1, 0.15) is 29.0 Å². The van der Waals surface area contributed by atoms with E-state index in [0.717, 1.165) is 26.9 Å². The van der Waals surface area contributed by atoms with Crippen molar-refractivity contribution in [1.29, 1.82) is 0 Å². The van der Waals surface area contributed by atoms with Crippen LogP contribution >= 0.6 is 34.2 Å². The first-order valence-corrected chi connectivity index (χ1v) is 7.94. The van der Waals surface area contributed by atoms with Crippen LogP contribution in [-0.2, 0) is 6.42 Å². The van der Waals surface area contributed by atoms with E-state index < -0.39 is 0 Å². The predicted octanol–water partition coefficient (Wildman–Crippen LogP) is 5.08. The van der Waals surface area contributed by atoms with E-state index in [9.17, 15) is 4.39 Å². The van der Waals surface area contributed by atoms with Crippen LogP contribution < -0.4 is 4.74 Å². The van der Waals surface area contributed by atoms with E-state index in [1.165, 1.54) is 17.7 Å². The molecule has 3 rings (SSSR count). The Labute approximate surface area is 136 Å². The van der Waals surface area contributed by atoms with Crippen molar-refractivity contribution in [3.05, 3.63) is 62.5 Å². The molecule has 2 aromatic carbocycles. The molecule has 1 aliphatic rings. The first-order valence-electron chi connectivity index (χ1n) is 6.43. The minimum absolute atomic E-state index is 0.222. The average Bonchev–Trinajstić information content (AvgIpc) is 2.77. The van der Waals surface area contributed by atoms with Gasteiger partial charge in [-0.1, -0.05) is 18.2 Å². The molecular formula is C16H13ClFIO.